The number of carbonyl (C=O) groups excluding carboxylic acids is 1. The summed E-state index contributed by atoms with van der Waals surface area (Å²) < 4.78 is 28.3. The van der Waals surface area contributed by atoms with Crippen molar-refractivity contribution in [3.05, 3.63) is 58.1 Å². The van der Waals surface area contributed by atoms with Gasteiger partial charge in [-0.15, -0.1) is 0 Å². The number of aryl methyl sites for hydroxylation is 2. The van der Waals surface area contributed by atoms with Crippen LogP contribution in [-0.4, -0.2) is 63.8 Å². The van der Waals surface area contributed by atoms with Crippen LogP contribution in [0.25, 0.3) is 0 Å². The normalized spacial score (nSPS) is 15.3. The van der Waals surface area contributed by atoms with Gasteiger partial charge in [0.15, 0.2) is 0 Å². The van der Waals surface area contributed by atoms with Crippen molar-refractivity contribution in [1.82, 2.24) is 9.21 Å². The molecule has 7 heteroatoms. The fourth-order valence-corrected chi connectivity index (χ4v) is 5.91. The fourth-order valence-electron chi connectivity index (χ4n) is 3.91. The van der Waals surface area contributed by atoms with Gasteiger partial charge in [-0.1, -0.05) is 6.07 Å². The Labute approximate surface area is 180 Å². The van der Waals surface area contributed by atoms with E-state index in [2.05, 4.69) is 0 Å². The van der Waals surface area contributed by atoms with Crippen molar-refractivity contribution in [2.75, 3.05) is 45.2 Å². The smallest absolute Gasteiger partial charge is 0.253 e. The van der Waals surface area contributed by atoms with Gasteiger partial charge in [0.25, 0.3) is 5.91 Å². The zero-order chi connectivity index (χ0) is 22.2. The maximum atomic E-state index is 13.4. The van der Waals surface area contributed by atoms with Crippen LogP contribution >= 0.6 is 0 Å². The number of carbonyl (C=O) groups is 1. The van der Waals surface area contributed by atoms with Crippen LogP contribution in [0.2, 0.25) is 0 Å². The third-order valence-electron chi connectivity index (χ3n) is 6.05. The van der Waals surface area contributed by atoms with Crippen LogP contribution in [0.15, 0.2) is 35.2 Å². The van der Waals surface area contributed by atoms with Gasteiger partial charge in [0.05, 0.1) is 4.90 Å². The number of hydrogen-bond acceptors (Lipinski definition) is 4. The molecule has 2 aromatic rings. The highest BCUT2D eigenvalue weighted by molar-refractivity contribution is 7.89. The Morgan fingerprint density at radius 3 is 1.83 bits per heavy atom. The zero-order valence-electron chi connectivity index (χ0n) is 18.7. The SMILES string of the molecule is Cc1cc(C)c(C)c(S(=O)(=O)N2CCN(C(=O)c3ccc(N(C)C)cc3)CC2)c1C. The van der Waals surface area contributed by atoms with Crippen LogP contribution in [0.1, 0.15) is 32.6 Å². The Hall–Kier alpha value is -2.38. The quantitative estimate of drug-likeness (QED) is 0.749. The van der Waals surface area contributed by atoms with E-state index >= 15 is 0 Å². The van der Waals surface area contributed by atoms with E-state index in [-0.39, 0.29) is 5.91 Å². The van der Waals surface area contributed by atoms with Gasteiger partial charge in [-0.05, 0) is 74.2 Å². The lowest BCUT2D eigenvalue weighted by atomic mass is 10.0. The number of anilines is 1. The summed E-state index contributed by atoms with van der Waals surface area (Å²) in [7, 11) is 0.301. The lowest BCUT2D eigenvalue weighted by Gasteiger charge is -2.35. The van der Waals surface area contributed by atoms with Crippen LogP contribution in [-0.2, 0) is 10.0 Å². The molecular weight excluding hydrogens is 398 g/mol. The molecule has 0 atom stereocenters. The highest BCUT2D eigenvalue weighted by Gasteiger charge is 2.33. The molecule has 0 N–H and O–H groups in total. The molecule has 0 spiro atoms. The second-order valence-corrected chi connectivity index (χ2v) is 10.1. The molecule has 0 saturated carbocycles. The topological polar surface area (TPSA) is 60.9 Å². The van der Waals surface area contributed by atoms with Crippen molar-refractivity contribution in [3.63, 3.8) is 0 Å². The Kier molecular flexibility index (Phi) is 6.24. The number of benzene rings is 2. The molecule has 0 bridgehead atoms. The van der Waals surface area contributed by atoms with Crippen molar-refractivity contribution >= 4 is 21.6 Å². The molecular formula is C23H31N3O3S. The first kappa shape index (κ1) is 22.3. The minimum absolute atomic E-state index is 0.0592. The highest BCUT2D eigenvalue weighted by atomic mass is 32.2. The summed E-state index contributed by atoms with van der Waals surface area (Å²) >= 11 is 0. The van der Waals surface area contributed by atoms with Gasteiger partial charge in [0.2, 0.25) is 10.0 Å². The standard InChI is InChI=1S/C23H31N3O3S/c1-16-15-17(2)19(4)22(18(16)3)30(28,29)26-13-11-25(12-14-26)23(27)20-7-9-21(10-8-20)24(5)6/h7-10,15H,11-14H2,1-6H3. The van der Waals surface area contributed by atoms with E-state index < -0.39 is 10.0 Å². The first-order chi connectivity index (χ1) is 14.0. The molecule has 0 aliphatic carbocycles. The summed E-state index contributed by atoms with van der Waals surface area (Å²) in [6, 6.07) is 9.51. The van der Waals surface area contributed by atoms with E-state index in [1.807, 2.05) is 77.0 Å². The second-order valence-electron chi connectivity index (χ2n) is 8.23. The number of amides is 1. The minimum Gasteiger partial charge on any atom is -0.378 e. The van der Waals surface area contributed by atoms with Crippen molar-refractivity contribution in [2.45, 2.75) is 32.6 Å². The Morgan fingerprint density at radius 2 is 1.37 bits per heavy atom. The van der Waals surface area contributed by atoms with Crippen molar-refractivity contribution in [2.24, 2.45) is 0 Å². The third kappa shape index (κ3) is 4.09. The van der Waals surface area contributed by atoms with Gasteiger partial charge in [-0.3, -0.25) is 4.79 Å². The molecule has 6 nitrogen and oxygen atoms in total. The Balaban J connectivity index is 1.76. The molecule has 0 aromatic heterocycles. The molecule has 1 fully saturated rings. The predicted octanol–water partition coefficient (Wildman–Crippen LogP) is 3.13. The van der Waals surface area contributed by atoms with Crippen LogP contribution in [0.5, 0.6) is 0 Å². The molecule has 3 rings (SSSR count). The first-order valence-corrected chi connectivity index (χ1v) is 11.6. The maximum absolute atomic E-state index is 13.4. The van der Waals surface area contributed by atoms with Crippen LogP contribution < -0.4 is 4.90 Å². The van der Waals surface area contributed by atoms with Crippen molar-refractivity contribution < 1.29 is 13.2 Å². The molecule has 1 aliphatic rings. The number of piperazine rings is 1. The molecule has 0 radical (unpaired) electrons. The van der Waals surface area contributed by atoms with E-state index in [0.717, 1.165) is 27.9 Å². The molecule has 0 unspecified atom stereocenters. The lowest BCUT2D eigenvalue weighted by molar-refractivity contribution is 0.0698. The van der Waals surface area contributed by atoms with Gasteiger partial charge >= 0.3 is 0 Å². The van der Waals surface area contributed by atoms with E-state index in [4.69, 9.17) is 0 Å². The first-order valence-electron chi connectivity index (χ1n) is 10.2. The minimum atomic E-state index is -3.61. The van der Waals surface area contributed by atoms with E-state index in [0.29, 0.717) is 36.6 Å². The summed E-state index contributed by atoms with van der Waals surface area (Å²) in [5, 5.41) is 0. The van der Waals surface area contributed by atoms with Gasteiger partial charge in [-0.2, -0.15) is 4.31 Å². The van der Waals surface area contributed by atoms with Crippen LogP contribution in [0, 0.1) is 27.7 Å². The zero-order valence-corrected chi connectivity index (χ0v) is 19.5. The number of rotatable bonds is 4. The molecule has 162 valence electrons. The summed E-state index contributed by atoms with van der Waals surface area (Å²) in [4.78, 5) is 17.0. The molecule has 1 heterocycles. The molecule has 30 heavy (non-hydrogen) atoms. The third-order valence-corrected chi connectivity index (χ3v) is 8.22. The number of nitrogens with zero attached hydrogens (tertiary/aromatic N) is 3. The molecule has 1 saturated heterocycles. The maximum Gasteiger partial charge on any atom is 0.253 e. The van der Waals surface area contributed by atoms with Crippen LogP contribution in [0.3, 0.4) is 0 Å². The van der Waals surface area contributed by atoms with E-state index in [1.54, 1.807) is 4.90 Å². The fraction of sp³-hybridized carbons (Fsp3) is 0.435. The number of sulfonamides is 1. The number of hydrogen-bond donors (Lipinski definition) is 0. The summed E-state index contributed by atoms with van der Waals surface area (Å²) in [6.07, 6.45) is 0. The van der Waals surface area contributed by atoms with Gasteiger partial charge in [0.1, 0.15) is 0 Å². The van der Waals surface area contributed by atoms with Gasteiger partial charge in [0, 0.05) is 51.5 Å². The Bertz CT molecular complexity index is 1030. The average Bonchev–Trinajstić information content (AvgIpc) is 2.72. The second kappa shape index (κ2) is 8.40. The van der Waals surface area contributed by atoms with E-state index in [1.165, 1.54) is 4.31 Å². The largest absolute Gasteiger partial charge is 0.378 e. The average molecular weight is 430 g/mol. The highest BCUT2D eigenvalue weighted by Crippen LogP contribution is 2.29. The van der Waals surface area contributed by atoms with Crippen molar-refractivity contribution in [1.29, 1.82) is 0 Å². The Morgan fingerprint density at radius 1 is 0.867 bits per heavy atom. The summed E-state index contributed by atoms with van der Waals surface area (Å²) in [5.41, 5.74) is 5.22. The van der Waals surface area contributed by atoms with Gasteiger partial charge in [-0.25, -0.2) is 8.42 Å². The van der Waals surface area contributed by atoms with Crippen LogP contribution in [0.4, 0.5) is 5.69 Å². The molecule has 1 amide bonds. The molecule has 2 aromatic carbocycles. The predicted molar refractivity (Wildman–Crippen MR) is 121 cm³/mol. The van der Waals surface area contributed by atoms with Crippen molar-refractivity contribution in [3.8, 4) is 0 Å². The van der Waals surface area contributed by atoms with E-state index in [9.17, 15) is 13.2 Å². The molecule has 1 aliphatic heterocycles. The lowest BCUT2D eigenvalue weighted by Crippen LogP contribution is -2.50. The summed E-state index contributed by atoms with van der Waals surface area (Å²) in [6.45, 7) is 8.99. The monoisotopic (exact) mass is 429 g/mol. The van der Waals surface area contributed by atoms with Gasteiger partial charge < -0.3 is 9.80 Å². The summed E-state index contributed by atoms with van der Waals surface area (Å²) in [5.74, 6) is -0.0592.